The molecular weight excluding hydrogens is 280 g/mol. The molecule has 0 aliphatic carbocycles. The van der Waals surface area contributed by atoms with Crippen molar-refractivity contribution in [3.05, 3.63) is 28.5 Å². The van der Waals surface area contributed by atoms with Gasteiger partial charge in [-0.3, -0.25) is 4.90 Å². The first-order chi connectivity index (χ1) is 10.3. The van der Waals surface area contributed by atoms with E-state index < -0.39 is 0 Å². The normalized spacial score (nSPS) is 25.9. The van der Waals surface area contributed by atoms with Gasteiger partial charge in [-0.25, -0.2) is 0 Å². The highest BCUT2D eigenvalue weighted by atomic mass is 32.1. The lowest BCUT2D eigenvalue weighted by atomic mass is 9.99. The Balaban J connectivity index is 1.84. The van der Waals surface area contributed by atoms with Crippen LogP contribution in [0, 0.1) is 16.1 Å². The molecule has 4 rings (SSSR count). The molecule has 1 N–H and O–H groups in total. The topological polar surface area (TPSA) is 47.8 Å². The van der Waals surface area contributed by atoms with Crippen molar-refractivity contribution in [1.29, 1.82) is 5.26 Å². The van der Waals surface area contributed by atoms with Gasteiger partial charge in [-0.05, 0) is 56.2 Å². The fourth-order valence-corrected chi connectivity index (χ4v) is 4.39. The van der Waals surface area contributed by atoms with Gasteiger partial charge >= 0.3 is 0 Å². The number of H-pyrrole nitrogens is 1. The van der Waals surface area contributed by atoms with E-state index in [9.17, 15) is 0 Å². The molecule has 3 heterocycles. The Morgan fingerprint density at radius 1 is 1.19 bits per heavy atom. The summed E-state index contributed by atoms with van der Waals surface area (Å²) in [5, 5.41) is 9.14. The van der Waals surface area contributed by atoms with E-state index in [2.05, 4.69) is 20.5 Å². The van der Waals surface area contributed by atoms with Crippen LogP contribution in [0.15, 0.2) is 18.2 Å². The van der Waals surface area contributed by atoms with E-state index in [0.29, 0.717) is 17.6 Å². The second-order valence-corrected chi connectivity index (χ2v) is 6.49. The lowest BCUT2D eigenvalue weighted by Gasteiger charge is -2.33. The lowest BCUT2D eigenvalue weighted by Crippen LogP contribution is -2.37. The summed E-state index contributed by atoms with van der Waals surface area (Å²) in [6.07, 6.45) is 5.05. The summed E-state index contributed by atoms with van der Waals surface area (Å²) in [5.41, 5.74) is 2.81. The van der Waals surface area contributed by atoms with E-state index in [1.807, 2.05) is 18.2 Å². The predicted molar refractivity (Wildman–Crippen MR) is 84.7 cm³/mol. The number of nitriles is 1. The van der Waals surface area contributed by atoms with Crippen molar-refractivity contribution in [1.82, 2.24) is 14.5 Å². The van der Waals surface area contributed by atoms with Crippen LogP contribution in [0.1, 0.15) is 37.3 Å². The maximum absolute atomic E-state index is 9.14. The van der Waals surface area contributed by atoms with Gasteiger partial charge in [0.05, 0.1) is 28.7 Å². The number of nitrogens with one attached hydrogen (secondary N) is 1. The SMILES string of the molecule is N#Cc1ccc2[nH]c(=S)n(C3CCN4CCCCC34)c2c1. The van der Waals surface area contributed by atoms with Gasteiger partial charge in [-0.1, -0.05) is 6.42 Å². The van der Waals surface area contributed by atoms with E-state index in [-0.39, 0.29) is 0 Å². The number of hydrogen-bond donors (Lipinski definition) is 1. The number of fused-ring (bicyclic) bond motifs is 2. The molecule has 2 aliphatic rings. The average molecular weight is 298 g/mol. The standard InChI is InChI=1S/C16H18N4S/c17-10-11-4-5-12-15(9-11)20(16(21)18-12)14-6-8-19-7-2-1-3-13(14)19/h4-5,9,13-14H,1-3,6-8H2,(H,18,21). The van der Waals surface area contributed by atoms with E-state index in [1.54, 1.807) is 0 Å². The van der Waals surface area contributed by atoms with Crippen LogP contribution < -0.4 is 0 Å². The Labute approximate surface area is 129 Å². The maximum Gasteiger partial charge on any atom is 0.178 e. The highest BCUT2D eigenvalue weighted by Gasteiger charge is 2.37. The Bertz CT molecular complexity index is 782. The quantitative estimate of drug-likeness (QED) is 0.821. The molecule has 0 saturated carbocycles. The highest BCUT2D eigenvalue weighted by molar-refractivity contribution is 7.71. The summed E-state index contributed by atoms with van der Waals surface area (Å²) in [4.78, 5) is 5.91. The first kappa shape index (κ1) is 13.1. The average Bonchev–Trinajstić information content (AvgIpc) is 3.06. The third-order valence-electron chi connectivity index (χ3n) is 5.00. The van der Waals surface area contributed by atoms with Gasteiger partial charge in [0, 0.05) is 12.6 Å². The maximum atomic E-state index is 9.14. The van der Waals surface area contributed by atoms with Crippen LogP contribution in [-0.2, 0) is 0 Å². The smallest absolute Gasteiger partial charge is 0.178 e. The summed E-state index contributed by atoms with van der Waals surface area (Å²) in [5.74, 6) is 0. The van der Waals surface area contributed by atoms with Gasteiger partial charge in [0.15, 0.2) is 4.77 Å². The number of aromatic nitrogens is 2. The summed E-state index contributed by atoms with van der Waals surface area (Å²) in [6.45, 7) is 2.39. The van der Waals surface area contributed by atoms with Gasteiger partial charge in [-0.15, -0.1) is 0 Å². The van der Waals surface area contributed by atoms with Crippen molar-refractivity contribution < 1.29 is 0 Å². The molecule has 4 nitrogen and oxygen atoms in total. The Hall–Kier alpha value is -1.64. The molecule has 108 valence electrons. The Kier molecular flexibility index (Phi) is 3.09. The number of imidazole rings is 1. The molecule has 2 unspecified atom stereocenters. The Morgan fingerprint density at radius 2 is 2.10 bits per heavy atom. The predicted octanol–water partition coefficient (Wildman–Crippen LogP) is 3.37. The van der Waals surface area contributed by atoms with Crippen LogP contribution in [0.3, 0.4) is 0 Å². The zero-order valence-corrected chi connectivity index (χ0v) is 12.7. The van der Waals surface area contributed by atoms with Crippen molar-refractivity contribution >= 4 is 23.3 Å². The zero-order valence-electron chi connectivity index (χ0n) is 11.9. The third-order valence-corrected chi connectivity index (χ3v) is 5.30. The minimum atomic E-state index is 0.445. The third kappa shape index (κ3) is 2.02. The summed E-state index contributed by atoms with van der Waals surface area (Å²) < 4.78 is 3.05. The van der Waals surface area contributed by atoms with Crippen LogP contribution in [-0.4, -0.2) is 33.6 Å². The van der Waals surface area contributed by atoms with Gasteiger partial charge in [0.1, 0.15) is 0 Å². The monoisotopic (exact) mass is 298 g/mol. The number of benzene rings is 1. The first-order valence-electron chi connectivity index (χ1n) is 7.66. The summed E-state index contributed by atoms with van der Waals surface area (Å²) in [7, 11) is 0. The van der Waals surface area contributed by atoms with E-state index in [0.717, 1.165) is 22.2 Å². The molecular formula is C16H18N4S. The molecule has 2 saturated heterocycles. The number of aromatic amines is 1. The first-order valence-corrected chi connectivity index (χ1v) is 8.07. The lowest BCUT2D eigenvalue weighted by molar-refractivity contribution is 0.174. The molecule has 21 heavy (non-hydrogen) atoms. The van der Waals surface area contributed by atoms with E-state index in [1.165, 1.54) is 32.4 Å². The molecule has 2 atom stereocenters. The van der Waals surface area contributed by atoms with Crippen molar-refractivity contribution in [3.8, 4) is 6.07 Å². The number of rotatable bonds is 1. The molecule has 0 bridgehead atoms. The largest absolute Gasteiger partial charge is 0.331 e. The molecule has 2 aliphatic heterocycles. The number of hydrogen-bond acceptors (Lipinski definition) is 3. The fraction of sp³-hybridized carbons (Fsp3) is 0.500. The van der Waals surface area contributed by atoms with Crippen LogP contribution >= 0.6 is 12.2 Å². The second kappa shape index (κ2) is 4.97. The van der Waals surface area contributed by atoms with Gasteiger partial charge in [-0.2, -0.15) is 5.26 Å². The summed E-state index contributed by atoms with van der Waals surface area (Å²) in [6, 6.07) is 9.06. The van der Waals surface area contributed by atoms with Crippen LogP contribution in [0.25, 0.3) is 11.0 Å². The van der Waals surface area contributed by atoms with Gasteiger partial charge < -0.3 is 9.55 Å². The molecule has 5 heteroatoms. The van der Waals surface area contributed by atoms with Gasteiger partial charge in [0.2, 0.25) is 0 Å². The number of piperidine rings is 1. The molecule has 0 spiro atoms. The van der Waals surface area contributed by atoms with Crippen LogP contribution in [0.4, 0.5) is 0 Å². The summed E-state index contributed by atoms with van der Waals surface area (Å²) >= 11 is 5.57. The molecule has 1 aromatic heterocycles. The molecule has 0 radical (unpaired) electrons. The zero-order chi connectivity index (χ0) is 14.4. The highest BCUT2D eigenvalue weighted by Crippen LogP contribution is 2.37. The second-order valence-electron chi connectivity index (χ2n) is 6.10. The van der Waals surface area contributed by atoms with Crippen LogP contribution in [0.5, 0.6) is 0 Å². The van der Waals surface area contributed by atoms with Gasteiger partial charge in [0.25, 0.3) is 0 Å². The molecule has 2 aromatic rings. The number of nitrogens with zero attached hydrogens (tertiary/aromatic N) is 3. The fourth-order valence-electron chi connectivity index (χ4n) is 4.04. The molecule has 2 fully saturated rings. The van der Waals surface area contributed by atoms with Crippen molar-refractivity contribution in [2.24, 2.45) is 0 Å². The van der Waals surface area contributed by atoms with Crippen LogP contribution in [0.2, 0.25) is 0 Å². The van der Waals surface area contributed by atoms with E-state index >= 15 is 0 Å². The van der Waals surface area contributed by atoms with E-state index in [4.69, 9.17) is 17.5 Å². The Morgan fingerprint density at radius 3 is 2.95 bits per heavy atom. The van der Waals surface area contributed by atoms with Crippen molar-refractivity contribution in [2.45, 2.75) is 37.8 Å². The van der Waals surface area contributed by atoms with Crippen molar-refractivity contribution in [3.63, 3.8) is 0 Å². The molecule has 0 amide bonds. The van der Waals surface area contributed by atoms with Crippen molar-refractivity contribution in [2.75, 3.05) is 13.1 Å². The molecule has 1 aromatic carbocycles. The minimum Gasteiger partial charge on any atom is -0.331 e. The minimum absolute atomic E-state index is 0.445.